The van der Waals surface area contributed by atoms with Gasteiger partial charge in [-0.1, -0.05) is 0 Å². The van der Waals surface area contributed by atoms with Crippen LogP contribution in [0.15, 0.2) is 24.5 Å². The molecule has 0 unspecified atom stereocenters. The zero-order valence-electron chi connectivity index (χ0n) is 11.4. The van der Waals surface area contributed by atoms with Gasteiger partial charge in [-0.3, -0.25) is 9.78 Å². The van der Waals surface area contributed by atoms with Gasteiger partial charge in [0.2, 0.25) is 10.0 Å². The topological polar surface area (TPSA) is 79.4 Å². The maximum atomic E-state index is 12.3. The van der Waals surface area contributed by atoms with Crippen molar-refractivity contribution in [2.75, 3.05) is 25.9 Å². The molecule has 0 saturated carbocycles. The molecular weight excluding hydrogens is 278 g/mol. The average molecular weight is 297 g/mol. The zero-order chi connectivity index (χ0) is 14.6. The summed E-state index contributed by atoms with van der Waals surface area (Å²) < 4.78 is 24.7. The van der Waals surface area contributed by atoms with Crippen LogP contribution in [-0.2, 0) is 10.0 Å². The van der Waals surface area contributed by atoms with Crippen molar-refractivity contribution in [3.63, 3.8) is 0 Å². The Labute approximate surface area is 119 Å². The minimum Gasteiger partial charge on any atom is -0.338 e. The van der Waals surface area contributed by atoms with Gasteiger partial charge in [-0.25, -0.2) is 13.1 Å². The Kier molecular flexibility index (Phi) is 4.72. The van der Waals surface area contributed by atoms with E-state index in [0.717, 1.165) is 25.6 Å². The Hall–Kier alpha value is -1.47. The number of amides is 1. The van der Waals surface area contributed by atoms with E-state index in [9.17, 15) is 13.2 Å². The van der Waals surface area contributed by atoms with Crippen LogP contribution in [0.2, 0.25) is 0 Å². The maximum absolute atomic E-state index is 12.3. The lowest BCUT2D eigenvalue weighted by Crippen LogP contribution is -2.43. The summed E-state index contributed by atoms with van der Waals surface area (Å²) in [4.78, 5) is 18.0. The standard InChI is InChI=1S/C13H19N3O3S/c1-20(18,19)15-9-11-3-2-8-16(10-11)13(17)12-4-6-14-7-5-12/h4-7,11,15H,2-3,8-10H2,1H3/t11-/m1/s1. The summed E-state index contributed by atoms with van der Waals surface area (Å²) >= 11 is 0. The highest BCUT2D eigenvalue weighted by Gasteiger charge is 2.24. The van der Waals surface area contributed by atoms with Gasteiger partial charge in [0.25, 0.3) is 5.91 Å². The van der Waals surface area contributed by atoms with Gasteiger partial charge in [0, 0.05) is 37.6 Å². The highest BCUT2D eigenvalue weighted by molar-refractivity contribution is 7.88. The molecule has 1 aromatic rings. The fourth-order valence-corrected chi connectivity index (χ4v) is 2.90. The number of pyridine rings is 1. The van der Waals surface area contributed by atoms with E-state index in [2.05, 4.69) is 9.71 Å². The van der Waals surface area contributed by atoms with Gasteiger partial charge < -0.3 is 4.90 Å². The summed E-state index contributed by atoms with van der Waals surface area (Å²) in [7, 11) is -3.18. The SMILES string of the molecule is CS(=O)(=O)NC[C@H]1CCCN(C(=O)c2ccncc2)C1. The van der Waals surface area contributed by atoms with E-state index in [4.69, 9.17) is 0 Å². The van der Waals surface area contributed by atoms with Gasteiger partial charge in [-0.05, 0) is 30.9 Å². The van der Waals surface area contributed by atoms with E-state index < -0.39 is 10.0 Å². The fourth-order valence-electron chi connectivity index (χ4n) is 2.36. The predicted octanol–water partition coefficient (Wildman–Crippen LogP) is 0.483. The Morgan fingerprint density at radius 1 is 1.45 bits per heavy atom. The number of hydrogen-bond acceptors (Lipinski definition) is 4. The van der Waals surface area contributed by atoms with Gasteiger partial charge in [-0.15, -0.1) is 0 Å². The van der Waals surface area contributed by atoms with Crippen molar-refractivity contribution in [2.45, 2.75) is 12.8 Å². The first-order valence-corrected chi connectivity index (χ1v) is 8.49. The molecule has 1 aliphatic heterocycles. The van der Waals surface area contributed by atoms with Crippen LogP contribution in [0.25, 0.3) is 0 Å². The first-order chi connectivity index (χ1) is 9.46. The number of rotatable bonds is 4. The molecular formula is C13H19N3O3S. The molecule has 1 aromatic heterocycles. The van der Waals surface area contributed by atoms with Gasteiger partial charge >= 0.3 is 0 Å². The molecule has 0 aromatic carbocycles. The Bertz CT molecular complexity index is 559. The molecule has 110 valence electrons. The lowest BCUT2D eigenvalue weighted by molar-refractivity contribution is 0.0676. The lowest BCUT2D eigenvalue weighted by atomic mass is 9.98. The second-order valence-corrected chi connectivity index (χ2v) is 6.95. The van der Waals surface area contributed by atoms with Crippen LogP contribution < -0.4 is 4.72 Å². The van der Waals surface area contributed by atoms with E-state index in [0.29, 0.717) is 18.7 Å². The molecule has 1 saturated heterocycles. The van der Waals surface area contributed by atoms with Crippen LogP contribution >= 0.6 is 0 Å². The van der Waals surface area contributed by atoms with Crippen LogP contribution in [0.3, 0.4) is 0 Å². The quantitative estimate of drug-likeness (QED) is 0.877. The number of nitrogens with zero attached hydrogens (tertiary/aromatic N) is 2. The first-order valence-electron chi connectivity index (χ1n) is 6.59. The molecule has 20 heavy (non-hydrogen) atoms. The van der Waals surface area contributed by atoms with Crippen LogP contribution in [0.4, 0.5) is 0 Å². The van der Waals surface area contributed by atoms with Crippen molar-refractivity contribution >= 4 is 15.9 Å². The number of likely N-dealkylation sites (tertiary alicyclic amines) is 1. The Balaban J connectivity index is 1.95. The van der Waals surface area contributed by atoms with E-state index in [1.807, 2.05) is 0 Å². The molecule has 1 aliphatic rings. The summed E-state index contributed by atoms with van der Waals surface area (Å²) in [5.74, 6) is 0.153. The largest absolute Gasteiger partial charge is 0.338 e. The molecule has 0 radical (unpaired) electrons. The molecule has 0 bridgehead atoms. The van der Waals surface area contributed by atoms with Gasteiger partial charge in [0.05, 0.1) is 6.26 Å². The second-order valence-electron chi connectivity index (χ2n) is 5.12. The zero-order valence-corrected chi connectivity index (χ0v) is 12.3. The summed E-state index contributed by atoms with van der Waals surface area (Å²) in [6.07, 6.45) is 6.17. The number of carbonyl (C=O) groups excluding carboxylic acids is 1. The minimum absolute atomic E-state index is 0.0172. The summed E-state index contributed by atoms with van der Waals surface area (Å²) in [5.41, 5.74) is 0.622. The second kappa shape index (κ2) is 6.32. The van der Waals surface area contributed by atoms with Crippen molar-refractivity contribution in [2.24, 2.45) is 5.92 Å². The van der Waals surface area contributed by atoms with E-state index >= 15 is 0 Å². The smallest absolute Gasteiger partial charge is 0.253 e. The fraction of sp³-hybridized carbons (Fsp3) is 0.538. The molecule has 2 heterocycles. The highest BCUT2D eigenvalue weighted by Crippen LogP contribution is 2.18. The van der Waals surface area contributed by atoms with E-state index in [1.165, 1.54) is 0 Å². The van der Waals surface area contributed by atoms with Crippen LogP contribution in [0, 0.1) is 5.92 Å². The molecule has 7 heteroatoms. The predicted molar refractivity (Wildman–Crippen MR) is 75.7 cm³/mol. The monoisotopic (exact) mass is 297 g/mol. The van der Waals surface area contributed by atoms with Crippen molar-refractivity contribution in [1.29, 1.82) is 0 Å². The molecule has 2 rings (SSSR count). The molecule has 0 aliphatic carbocycles. The summed E-state index contributed by atoms with van der Waals surface area (Å²) in [6, 6.07) is 3.39. The third-order valence-electron chi connectivity index (χ3n) is 3.37. The number of aromatic nitrogens is 1. The van der Waals surface area contributed by atoms with Gasteiger partial charge in [-0.2, -0.15) is 0 Å². The first kappa shape index (κ1) is 14.9. The van der Waals surface area contributed by atoms with Gasteiger partial charge in [0.15, 0.2) is 0 Å². The van der Waals surface area contributed by atoms with Crippen LogP contribution in [0.5, 0.6) is 0 Å². The normalized spacial score (nSPS) is 19.9. The van der Waals surface area contributed by atoms with E-state index in [-0.39, 0.29) is 11.8 Å². The number of piperidine rings is 1. The summed E-state index contributed by atoms with van der Waals surface area (Å²) in [6.45, 7) is 1.69. The van der Waals surface area contributed by atoms with Gasteiger partial charge in [0.1, 0.15) is 0 Å². The average Bonchev–Trinajstić information content (AvgIpc) is 2.45. The third-order valence-corrected chi connectivity index (χ3v) is 4.06. The molecule has 0 spiro atoms. The molecule has 1 fully saturated rings. The molecule has 6 nitrogen and oxygen atoms in total. The van der Waals surface area contributed by atoms with Crippen LogP contribution in [0.1, 0.15) is 23.2 Å². The number of hydrogen-bond donors (Lipinski definition) is 1. The van der Waals surface area contributed by atoms with Crippen molar-refractivity contribution in [3.8, 4) is 0 Å². The number of nitrogens with one attached hydrogen (secondary N) is 1. The summed E-state index contributed by atoms with van der Waals surface area (Å²) in [5, 5.41) is 0. The molecule has 1 amide bonds. The molecule has 1 N–H and O–H groups in total. The van der Waals surface area contributed by atoms with Crippen molar-refractivity contribution in [1.82, 2.24) is 14.6 Å². The van der Waals surface area contributed by atoms with Crippen molar-refractivity contribution in [3.05, 3.63) is 30.1 Å². The van der Waals surface area contributed by atoms with Crippen LogP contribution in [-0.4, -0.2) is 50.1 Å². The Morgan fingerprint density at radius 2 is 2.15 bits per heavy atom. The highest BCUT2D eigenvalue weighted by atomic mass is 32.2. The van der Waals surface area contributed by atoms with Crippen molar-refractivity contribution < 1.29 is 13.2 Å². The lowest BCUT2D eigenvalue weighted by Gasteiger charge is -2.32. The number of carbonyl (C=O) groups is 1. The third kappa shape index (κ3) is 4.28. The minimum atomic E-state index is -3.18. The van der Waals surface area contributed by atoms with E-state index in [1.54, 1.807) is 29.4 Å². The molecule has 1 atom stereocenters. The number of sulfonamides is 1. The Morgan fingerprint density at radius 3 is 2.80 bits per heavy atom. The maximum Gasteiger partial charge on any atom is 0.253 e.